The Morgan fingerprint density at radius 1 is 0.548 bits per heavy atom. The van der Waals surface area contributed by atoms with Gasteiger partial charge in [-0.3, -0.25) is 0 Å². The van der Waals surface area contributed by atoms with Gasteiger partial charge in [-0.25, -0.2) is 0 Å². The maximum Gasteiger partial charge on any atom is 0.125 e. The lowest BCUT2D eigenvalue weighted by Gasteiger charge is -2.13. The second-order valence-corrected chi connectivity index (χ2v) is 10.1. The van der Waals surface area contributed by atoms with Gasteiger partial charge in [-0.05, 0) is 49.2 Å². The molecule has 0 amide bonds. The van der Waals surface area contributed by atoms with E-state index in [1.807, 2.05) is 60.7 Å². The summed E-state index contributed by atoms with van der Waals surface area (Å²) in [6, 6.07) is 29.6. The minimum atomic E-state index is 0.0697. The normalized spacial score (nSPS) is 11.9. The Balaban J connectivity index is 1.80. The monoisotopic (exact) mass is 564 g/mol. The fourth-order valence-electron chi connectivity index (χ4n) is 4.50. The molecule has 0 radical (unpaired) electrons. The minimum absolute atomic E-state index is 0.0697. The summed E-state index contributed by atoms with van der Waals surface area (Å²) in [6.45, 7) is 5.51. The van der Waals surface area contributed by atoms with Crippen molar-refractivity contribution in [2.75, 3.05) is 13.2 Å². The van der Waals surface area contributed by atoms with Crippen molar-refractivity contribution in [1.82, 2.24) is 0 Å². The molecular formula is C36H40N2O4. The highest BCUT2D eigenvalue weighted by atomic mass is 16.5. The number of hydrogen-bond acceptors (Lipinski definition) is 6. The lowest BCUT2D eigenvalue weighted by Crippen LogP contribution is -2.08. The predicted octanol–water partition coefficient (Wildman–Crippen LogP) is 8.53. The highest BCUT2D eigenvalue weighted by Gasteiger charge is 2.17. The Morgan fingerprint density at radius 2 is 0.952 bits per heavy atom. The highest BCUT2D eigenvalue weighted by molar-refractivity contribution is 6.17. The number of rotatable bonds is 15. The molecule has 4 rings (SSSR count). The number of nitrogens with zero attached hydrogens (tertiary/aromatic N) is 2. The SMILES string of the molecule is CCCCCOc1ccc(O)c(C(=NN=C(c2ccccc2)c2cc(OCCCCC)ccc2O)c2ccccc2)c1. The minimum Gasteiger partial charge on any atom is -0.507 e. The topological polar surface area (TPSA) is 83.6 Å². The number of phenols is 2. The molecule has 0 aliphatic carbocycles. The lowest BCUT2D eigenvalue weighted by molar-refractivity contribution is 0.305. The van der Waals surface area contributed by atoms with Crippen LogP contribution in [0.4, 0.5) is 0 Å². The zero-order chi connectivity index (χ0) is 29.6. The van der Waals surface area contributed by atoms with Crippen LogP contribution < -0.4 is 9.47 Å². The van der Waals surface area contributed by atoms with E-state index in [0.717, 1.165) is 49.7 Å². The van der Waals surface area contributed by atoms with Crippen LogP contribution in [0.5, 0.6) is 23.0 Å². The van der Waals surface area contributed by atoms with Crippen LogP contribution in [0, 0.1) is 0 Å². The predicted molar refractivity (Wildman–Crippen MR) is 170 cm³/mol. The molecule has 0 fully saturated rings. The van der Waals surface area contributed by atoms with Crippen molar-refractivity contribution in [2.24, 2.45) is 10.2 Å². The molecular weight excluding hydrogens is 524 g/mol. The molecule has 42 heavy (non-hydrogen) atoms. The molecule has 0 aromatic heterocycles. The van der Waals surface area contributed by atoms with E-state index in [9.17, 15) is 10.2 Å². The summed E-state index contributed by atoms with van der Waals surface area (Å²) in [5, 5.41) is 31.3. The maximum atomic E-state index is 10.9. The first-order chi connectivity index (χ1) is 20.6. The molecule has 0 saturated carbocycles. The fourth-order valence-corrected chi connectivity index (χ4v) is 4.50. The number of phenolic OH excluding ortho intramolecular Hbond substituents is 2. The van der Waals surface area contributed by atoms with Crippen LogP contribution in [0.1, 0.15) is 74.6 Å². The summed E-state index contributed by atoms with van der Waals surface area (Å²) in [5.41, 5.74) is 3.53. The quantitative estimate of drug-likeness (QED) is 0.0861. The van der Waals surface area contributed by atoms with E-state index < -0.39 is 0 Å². The molecule has 0 spiro atoms. The number of benzene rings is 4. The van der Waals surface area contributed by atoms with E-state index in [1.165, 1.54) is 0 Å². The number of aromatic hydroxyl groups is 2. The highest BCUT2D eigenvalue weighted by Crippen LogP contribution is 2.29. The van der Waals surface area contributed by atoms with Crippen LogP contribution in [0.25, 0.3) is 0 Å². The zero-order valence-electron chi connectivity index (χ0n) is 24.5. The Bertz CT molecular complexity index is 1350. The van der Waals surface area contributed by atoms with Gasteiger partial charge in [0.15, 0.2) is 0 Å². The summed E-state index contributed by atoms with van der Waals surface area (Å²) in [6.07, 6.45) is 6.33. The molecule has 0 unspecified atom stereocenters. The van der Waals surface area contributed by atoms with Crippen LogP contribution in [-0.4, -0.2) is 34.9 Å². The largest absolute Gasteiger partial charge is 0.507 e. The molecule has 2 N–H and O–H groups in total. The standard InChI is InChI=1S/C36H40N2O4/c1-3-5-13-23-41-29-19-21-33(39)31(25-29)35(27-15-9-7-10-16-27)37-38-36(28-17-11-8-12-18-28)32-26-30(20-22-34(32)40)42-24-14-6-4-2/h7-12,15-22,25-26,39-40H,3-6,13-14,23-24H2,1-2H3. The van der Waals surface area contributed by atoms with Gasteiger partial charge in [-0.15, -0.1) is 10.2 Å². The summed E-state index contributed by atoms with van der Waals surface area (Å²) >= 11 is 0. The van der Waals surface area contributed by atoms with Crippen molar-refractivity contribution in [2.45, 2.75) is 52.4 Å². The number of unbranched alkanes of at least 4 members (excludes halogenated alkanes) is 4. The number of hydrogen-bond donors (Lipinski definition) is 2. The molecule has 6 heteroatoms. The van der Waals surface area contributed by atoms with Crippen molar-refractivity contribution >= 4 is 11.4 Å². The third-order valence-electron chi connectivity index (χ3n) is 6.82. The average molecular weight is 565 g/mol. The van der Waals surface area contributed by atoms with Gasteiger partial charge in [0.25, 0.3) is 0 Å². The van der Waals surface area contributed by atoms with E-state index in [-0.39, 0.29) is 11.5 Å². The van der Waals surface area contributed by atoms with Crippen LogP contribution in [-0.2, 0) is 0 Å². The Labute approximate surface area is 249 Å². The molecule has 218 valence electrons. The third-order valence-corrected chi connectivity index (χ3v) is 6.82. The molecule has 0 atom stereocenters. The van der Waals surface area contributed by atoms with Crippen LogP contribution in [0.2, 0.25) is 0 Å². The fraction of sp³-hybridized carbons (Fsp3) is 0.278. The second kappa shape index (κ2) is 16.0. The summed E-state index contributed by atoms with van der Waals surface area (Å²) in [7, 11) is 0. The summed E-state index contributed by atoms with van der Waals surface area (Å²) < 4.78 is 12.0. The van der Waals surface area contributed by atoms with Crippen molar-refractivity contribution in [1.29, 1.82) is 0 Å². The molecule has 0 aliphatic heterocycles. The smallest absolute Gasteiger partial charge is 0.125 e. The average Bonchev–Trinajstić information content (AvgIpc) is 3.03. The third kappa shape index (κ3) is 8.46. The van der Waals surface area contributed by atoms with Gasteiger partial charge in [0.1, 0.15) is 34.4 Å². The van der Waals surface area contributed by atoms with Gasteiger partial charge in [0.2, 0.25) is 0 Å². The Kier molecular flexibility index (Phi) is 11.6. The number of ether oxygens (including phenoxy) is 2. The van der Waals surface area contributed by atoms with Gasteiger partial charge >= 0.3 is 0 Å². The molecule has 0 bridgehead atoms. The van der Waals surface area contributed by atoms with Gasteiger partial charge in [0.05, 0.1) is 13.2 Å². The molecule has 0 aliphatic rings. The van der Waals surface area contributed by atoms with Gasteiger partial charge in [-0.1, -0.05) is 100 Å². The van der Waals surface area contributed by atoms with Crippen molar-refractivity contribution in [3.8, 4) is 23.0 Å². The first kappa shape index (κ1) is 30.4. The summed E-state index contributed by atoms with van der Waals surface area (Å²) in [5.74, 6) is 1.45. The van der Waals surface area contributed by atoms with Crippen molar-refractivity contribution in [3.63, 3.8) is 0 Å². The zero-order valence-corrected chi connectivity index (χ0v) is 24.5. The summed E-state index contributed by atoms with van der Waals surface area (Å²) in [4.78, 5) is 0. The van der Waals surface area contributed by atoms with Crippen LogP contribution >= 0.6 is 0 Å². The Hall–Kier alpha value is -4.58. The Morgan fingerprint density at radius 3 is 1.33 bits per heavy atom. The second-order valence-electron chi connectivity index (χ2n) is 10.1. The molecule has 4 aromatic rings. The van der Waals surface area contributed by atoms with E-state index in [0.29, 0.717) is 47.3 Å². The maximum absolute atomic E-state index is 10.9. The van der Waals surface area contributed by atoms with Crippen molar-refractivity contribution in [3.05, 3.63) is 119 Å². The first-order valence-corrected chi connectivity index (χ1v) is 14.8. The van der Waals surface area contributed by atoms with E-state index in [1.54, 1.807) is 36.4 Å². The van der Waals surface area contributed by atoms with Gasteiger partial charge < -0.3 is 19.7 Å². The lowest BCUT2D eigenvalue weighted by atomic mass is 10.0. The molecule has 0 saturated heterocycles. The van der Waals surface area contributed by atoms with Crippen molar-refractivity contribution < 1.29 is 19.7 Å². The van der Waals surface area contributed by atoms with Crippen LogP contribution in [0.15, 0.2) is 107 Å². The van der Waals surface area contributed by atoms with Crippen LogP contribution in [0.3, 0.4) is 0 Å². The first-order valence-electron chi connectivity index (χ1n) is 14.8. The van der Waals surface area contributed by atoms with E-state index in [4.69, 9.17) is 19.7 Å². The van der Waals surface area contributed by atoms with E-state index >= 15 is 0 Å². The molecule has 6 nitrogen and oxygen atoms in total. The van der Waals surface area contributed by atoms with Gasteiger partial charge in [0, 0.05) is 22.3 Å². The van der Waals surface area contributed by atoms with E-state index in [2.05, 4.69) is 13.8 Å². The molecule has 4 aromatic carbocycles. The molecule has 0 heterocycles. The van der Waals surface area contributed by atoms with Gasteiger partial charge in [-0.2, -0.15) is 0 Å².